The van der Waals surface area contributed by atoms with Crippen LogP contribution in [0, 0.1) is 0 Å². The molecule has 1 aromatic rings. The molecule has 0 spiro atoms. The van der Waals surface area contributed by atoms with Crippen LogP contribution in [0.4, 0.5) is 22.0 Å². The van der Waals surface area contributed by atoms with Gasteiger partial charge in [-0.05, 0) is 6.07 Å². The Hall–Kier alpha value is -1.57. The monoisotopic (exact) mass is 255 g/mol. The molecule has 1 aromatic carbocycles. The summed E-state index contributed by atoms with van der Waals surface area (Å²) in [6, 6.07) is 0.754. The molecule has 17 heavy (non-hydrogen) atoms. The van der Waals surface area contributed by atoms with Crippen LogP contribution in [0.5, 0.6) is 11.5 Å². The molecule has 0 aliphatic carbocycles. The lowest BCUT2D eigenvalue weighted by atomic mass is 10.1. The predicted molar refractivity (Wildman–Crippen MR) is 45.6 cm³/mol. The highest BCUT2D eigenvalue weighted by Gasteiger charge is 2.48. The standard InChI is InChI=1S/C9H6F5NO2/c10-8(11,12)7(15)4-2-1-3-5-6(4)17-9(13,14)16-5/h1-3,7H,15H2/t7-/m1/s1. The van der Waals surface area contributed by atoms with Crippen molar-refractivity contribution >= 4 is 0 Å². The molecule has 1 aliphatic rings. The summed E-state index contributed by atoms with van der Waals surface area (Å²) in [6.07, 6.45) is -8.72. The first-order chi connectivity index (χ1) is 7.71. The van der Waals surface area contributed by atoms with E-state index in [9.17, 15) is 22.0 Å². The normalized spacial score (nSPS) is 19.2. The summed E-state index contributed by atoms with van der Waals surface area (Å²) in [4.78, 5) is 0. The fourth-order valence-corrected chi connectivity index (χ4v) is 1.41. The van der Waals surface area contributed by atoms with Crippen molar-refractivity contribution in [2.45, 2.75) is 18.5 Å². The molecule has 8 heteroatoms. The molecule has 2 rings (SSSR count). The van der Waals surface area contributed by atoms with Crippen LogP contribution < -0.4 is 15.2 Å². The van der Waals surface area contributed by atoms with Gasteiger partial charge in [-0.2, -0.15) is 13.2 Å². The van der Waals surface area contributed by atoms with Gasteiger partial charge in [-0.25, -0.2) is 0 Å². The average Bonchev–Trinajstić information content (AvgIpc) is 2.48. The maximum atomic E-state index is 12.7. The smallest absolute Gasteiger partial charge is 0.395 e. The third-order valence-corrected chi connectivity index (χ3v) is 2.15. The van der Waals surface area contributed by atoms with E-state index in [1.54, 1.807) is 0 Å². The zero-order valence-corrected chi connectivity index (χ0v) is 8.09. The Balaban J connectivity index is 2.43. The molecule has 1 atom stereocenters. The minimum atomic E-state index is -4.75. The molecule has 3 nitrogen and oxygen atoms in total. The van der Waals surface area contributed by atoms with Crippen molar-refractivity contribution in [2.75, 3.05) is 0 Å². The Kier molecular flexibility index (Phi) is 2.42. The van der Waals surface area contributed by atoms with Gasteiger partial charge < -0.3 is 15.2 Å². The zero-order chi connectivity index (χ0) is 12.8. The minimum Gasteiger partial charge on any atom is -0.395 e. The van der Waals surface area contributed by atoms with Gasteiger partial charge in [0, 0.05) is 5.56 Å². The van der Waals surface area contributed by atoms with Crippen molar-refractivity contribution < 1.29 is 31.4 Å². The molecule has 0 fully saturated rings. The maximum absolute atomic E-state index is 12.7. The highest BCUT2D eigenvalue weighted by Crippen LogP contribution is 2.47. The SMILES string of the molecule is N[C@H](c1cccc2c1OC(F)(F)O2)C(F)(F)F. The van der Waals surface area contributed by atoms with Crippen LogP contribution in [0.1, 0.15) is 11.6 Å². The first kappa shape index (κ1) is 11.9. The van der Waals surface area contributed by atoms with Crippen molar-refractivity contribution in [3.63, 3.8) is 0 Å². The average molecular weight is 255 g/mol. The second-order valence-electron chi connectivity index (χ2n) is 3.36. The van der Waals surface area contributed by atoms with Gasteiger partial charge in [0.25, 0.3) is 0 Å². The van der Waals surface area contributed by atoms with Crippen molar-refractivity contribution in [2.24, 2.45) is 5.73 Å². The van der Waals surface area contributed by atoms with Crippen LogP contribution in [0.2, 0.25) is 0 Å². The molecule has 0 saturated carbocycles. The van der Waals surface area contributed by atoms with E-state index < -0.39 is 35.6 Å². The van der Waals surface area contributed by atoms with Crippen molar-refractivity contribution in [1.29, 1.82) is 0 Å². The van der Waals surface area contributed by atoms with Gasteiger partial charge in [0.1, 0.15) is 6.04 Å². The highest BCUT2D eigenvalue weighted by molar-refractivity contribution is 5.50. The van der Waals surface area contributed by atoms with Crippen molar-refractivity contribution in [3.05, 3.63) is 23.8 Å². The van der Waals surface area contributed by atoms with E-state index in [0.717, 1.165) is 18.2 Å². The van der Waals surface area contributed by atoms with Crippen molar-refractivity contribution in [1.82, 2.24) is 0 Å². The summed E-state index contributed by atoms with van der Waals surface area (Å²) >= 11 is 0. The first-order valence-electron chi connectivity index (χ1n) is 4.42. The maximum Gasteiger partial charge on any atom is 0.586 e. The van der Waals surface area contributed by atoms with Gasteiger partial charge >= 0.3 is 12.5 Å². The second-order valence-corrected chi connectivity index (χ2v) is 3.36. The number of nitrogens with two attached hydrogens (primary N) is 1. The lowest BCUT2D eigenvalue weighted by molar-refractivity contribution is -0.287. The Bertz CT molecular complexity index is 446. The molecule has 2 N–H and O–H groups in total. The second kappa shape index (κ2) is 3.46. The highest BCUT2D eigenvalue weighted by atomic mass is 19.4. The van der Waals surface area contributed by atoms with Crippen LogP contribution >= 0.6 is 0 Å². The lowest BCUT2D eigenvalue weighted by Crippen LogP contribution is -2.29. The van der Waals surface area contributed by atoms with Crippen LogP contribution in [-0.4, -0.2) is 12.5 Å². The number of rotatable bonds is 1. The van der Waals surface area contributed by atoms with Gasteiger partial charge in [-0.15, -0.1) is 8.78 Å². The number of hydrogen-bond acceptors (Lipinski definition) is 3. The first-order valence-corrected chi connectivity index (χ1v) is 4.42. The Labute approximate surface area is 91.9 Å². The van der Waals surface area contributed by atoms with E-state index in [1.807, 2.05) is 0 Å². The molecular weight excluding hydrogens is 249 g/mol. The molecule has 94 valence electrons. The molecule has 0 unspecified atom stereocenters. The third kappa shape index (κ3) is 2.12. The largest absolute Gasteiger partial charge is 0.586 e. The van der Waals surface area contributed by atoms with Crippen LogP contribution in [-0.2, 0) is 0 Å². The van der Waals surface area contributed by atoms with E-state index >= 15 is 0 Å². The number of ether oxygens (including phenoxy) is 2. The number of benzene rings is 1. The molecule has 1 aliphatic heterocycles. The van der Waals surface area contributed by atoms with Gasteiger partial charge in [-0.1, -0.05) is 12.1 Å². The minimum absolute atomic E-state index is 0.466. The number of para-hydroxylation sites is 1. The van der Waals surface area contributed by atoms with E-state index in [0.29, 0.717) is 0 Å². The summed E-state index contributed by atoms with van der Waals surface area (Å²) in [5, 5.41) is 0. The summed E-state index contributed by atoms with van der Waals surface area (Å²) in [5.74, 6) is -1.14. The van der Waals surface area contributed by atoms with Gasteiger partial charge in [0.05, 0.1) is 0 Å². The Morgan fingerprint density at radius 3 is 2.41 bits per heavy atom. The summed E-state index contributed by atoms with van der Waals surface area (Å²) in [5.41, 5.74) is 4.34. The van der Waals surface area contributed by atoms with Gasteiger partial charge in [0.2, 0.25) is 0 Å². The van der Waals surface area contributed by atoms with E-state index in [4.69, 9.17) is 5.73 Å². The molecule has 0 radical (unpaired) electrons. The summed E-state index contributed by atoms with van der Waals surface area (Å²) < 4.78 is 70.6. The molecule has 0 saturated heterocycles. The number of hydrogen-bond donors (Lipinski definition) is 1. The zero-order valence-electron chi connectivity index (χ0n) is 8.09. The van der Waals surface area contributed by atoms with Crippen molar-refractivity contribution in [3.8, 4) is 11.5 Å². The van der Waals surface area contributed by atoms with E-state index in [1.165, 1.54) is 0 Å². The quantitative estimate of drug-likeness (QED) is 0.784. The lowest BCUT2D eigenvalue weighted by Gasteiger charge is -2.17. The van der Waals surface area contributed by atoms with Gasteiger partial charge in [0.15, 0.2) is 11.5 Å². The summed E-state index contributed by atoms with van der Waals surface area (Å²) in [6.45, 7) is 0. The predicted octanol–water partition coefficient (Wildman–Crippen LogP) is 2.57. The number of alkyl halides is 5. The number of halogens is 5. The molecule has 1 heterocycles. The third-order valence-electron chi connectivity index (χ3n) is 2.15. The fourth-order valence-electron chi connectivity index (χ4n) is 1.41. The van der Waals surface area contributed by atoms with E-state index in [-0.39, 0.29) is 0 Å². The van der Waals surface area contributed by atoms with Gasteiger partial charge in [-0.3, -0.25) is 0 Å². The van der Waals surface area contributed by atoms with Crippen LogP contribution in [0.25, 0.3) is 0 Å². The van der Waals surface area contributed by atoms with Crippen LogP contribution in [0.3, 0.4) is 0 Å². The summed E-state index contributed by atoms with van der Waals surface area (Å²) in [7, 11) is 0. The number of fused-ring (bicyclic) bond motifs is 1. The molecular formula is C9H6F5NO2. The van der Waals surface area contributed by atoms with E-state index in [2.05, 4.69) is 9.47 Å². The molecule has 0 aromatic heterocycles. The molecule has 0 bridgehead atoms. The Morgan fingerprint density at radius 2 is 1.82 bits per heavy atom. The fraction of sp³-hybridized carbons (Fsp3) is 0.333. The molecule has 0 amide bonds. The Morgan fingerprint density at radius 1 is 1.18 bits per heavy atom. The van der Waals surface area contributed by atoms with Crippen LogP contribution in [0.15, 0.2) is 18.2 Å². The topological polar surface area (TPSA) is 44.5 Å².